The first-order valence-electron chi connectivity index (χ1n) is 11.1. The normalized spacial score (nSPS) is 12.1. The molecular formula is C25H25ClN6O4S. The highest BCUT2D eigenvalue weighted by Gasteiger charge is 2.22. The van der Waals surface area contributed by atoms with Crippen molar-refractivity contribution in [2.75, 3.05) is 22.5 Å². The van der Waals surface area contributed by atoms with Gasteiger partial charge in [0, 0.05) is 11.8 Å². The highest BCUT2D eigenvalue weighted by Crippen LogP contribution is 2.33. The van der Waals surface area contributed by atoms with Crippen molar-refractivity contribution in [3.63, 3.8) is 0 Å². The standard InChI is InChI=1S/C25H25ClN6O4S/c1-14-8-9-16(28-25(33)15(2)27)12-22(14)37(34,35)32-24-23(29-19-6-4-5-7-20(19)30-24)31-21-13-17(36-3)10-11-18(21)26/h4-13,15H,27H2,1-3H3,(H,28,33)(H,29,31)(H,30,32)/t15-/m1/s1. The zero-order valence-electron chi connectivity index (χ0n) is 20.2. The fourth-order valence-corrected chi connectivity index (χ4v) is 4.86. The summed E-state index contributed by atoms with van der Waals surface area (Å²) < 4.78 is 34.8. The van der Waals surface area contributed by atoms with Crippen LogP contribution in [0.3, 0.4) is 0 Å². The summed E-state index contributed by atoms with van der Waals surface area (Å²) in [6, 6.07) is 15.8. The molecule has 192 valence electrons. The molecule has 0 aliphatic heterocycles. The Morgan fingerprint density at radius 3 is 2.35 bits per heavy atom. The van der Waals surface area contributed by atoms with E-state index in [4.69, 9.17) is 22.1 Å². The predicted octanol–water partition coefficient (Wildman–Crippen LogP) is 4.43. The average molecular weight is 541 g/mol. The Labute approximate surface area is 219 Å². The number of rotatable bonds is 8. The minimum absolute atomic E-state index is 0.0398. The highest BCUT2D eigenvalue weighted by atomic mass is 35.5. The van der Waals surface area contributed by atoms with Crippen LogP contribution in [-0.2, 0) is 14.8 Å². The van der Waals surface area contributed by atoms with E-state index in [-0.39, 0.29) is 16.5 Å². The lowest BCUT2D eigenvalue weighted by molar-refractivity contribution is -0.117. The van der Waals surface area contributed by atoms with Crippen molar-refractivity contribution >= 4 is 61.6 Å². The molecule has 0 radical (unpaired) electrons. The second-order valence-corrected chi connectivity index (χ2v) is 10.3. The number of amides is 1. The molecule has 3 aromatic carbocycles. The van der Waals surface area contributed by atoms with E-state index in [1.807, 2.05) is 0 Å². The van der Waals surface area contributed by atoms with Crippen molar-refractivity contribution in [3.05, 3.63) is 71.2 Å². The lowest BCUT2D eigenvalue weighted by Gasteiger charge is -2.16. The average Bonchev–Trinajstić information content (AvgIpc) is 2.86. The molecule has 0 unspecified atom stereocenters. The van der Waals surface area contributed by atoms with Gasteiger partial charge in [0.15, 0.2) is 11.6 Å². The van der Waals surface area contributed by atoms with Crippen molar-refractivity contribution in [2.45, 2.75) is 24.8 Å². The molecule has 1 heterocycles. The van der Waals surface area contributed by atoms with Crippen LogP contribution in [0.4, 0.5) is 23.0 Å². The Balaban J connectivity index is 1.76. The number of hydrogen-bond acceptors (Lipinski definition) is 8. The third-order valence-electron chi connectivity index (χ3n) is 5.39. The first kappa shape index (κ1) is 26.1. The number of aromatic nitrogens is 2. The van der Waals surface area contributed by atoms with Crippen LogP contribution in [-0.4, -0.2) is 37.4 Å². The molecule has 0 aliphatic carbocycles. The molecule has 37 heavy (non-hydrogen) atoms. The maximum atomic E-state index is 13.5. The molecule has 5 N–H and O–H groups in total. The number of nitrogens with two attached hydrogens (primary N) is 1. The molecule has 1 amide bonds. The van der Waals surface area contributed by atoms with Gasteiger partial charge >= 0.3 is 0 Å². The number of hydrogen-bond donors (Lipinski definition) is 4. The number of methoxy groups -OCH3 is 1. The lowest BCUT2D eigenvalue weighted by Crippen LogP contribution is -2.32. The molecular weight excluding hydrogens is 516 g/mol. The molecule has 0 saturated carbocycles. The number of nitrogens with zero attached hydrogens (tertiary/aromatic N) is 2. The van der Waals surface area contributed by atoms with Gasteiger partial charge in [0.1, 0.15) is 5.75 Å². The Hall–Kier alpha value is -3.93. The number of sulfonamides is 1. The van der Waals surface area contributed by atoms with Gasteiger partial charge in [0.25, 0.3) is 10.0 Å². The van der Waals surface area contributed by atoms with Gasteiger partial charge in [-0.2, -0.15) is 0 Å². The van der Waals surface area contributed by atoms with E-state index in [2.05, 4.69) is 25.3 Å². The van der Waals surface area contributed by atoms with Crippen molar-refractivity contribution in [2.24, 2.45) is 5.73 Å². The monoisotopic (exact) mass is 540 g/mol. The molecule has 0 fully saturated rings. The van der Waals surface area contributed by atoms with Gasteiger partial charge in [-0.05, 0) is 55.8 Å². The molecule has 0 spiro atoms. The molecule has 1 aromatic heterocycles. The fraction of sp³-hybridized carbons (Fsp3) is 0.160. The molecule has 0 saturated heterocycles. The Kier molecular flexibility index (Phi) is 7.48. The molecule has 4 aromatic rings. The molecule has 0 bridgehead atoms. The fourth-order valence-electron chi connectivity index (χ4n) is 3.42. The molecule has 1 atom stereocenters. The van der Waals surface area contributed by atoms with E-state index >= 15 is 0 Å². The molecule has 0 aliphatic rings. The summed E-state index contributed by atoms with van der Waals surface area (Å²) in [6.07, 6.45) is 0. The summed E-state index contributed by atoms with van der Waals surface area (Å²) in [7, 11) is -2.64. The quantitative estimate of drug-likeness (QED) is 0.256. The topological polar surface area (TPSA) is 148 Å². The minimum Gasteiger partial charge on any atom is -0.497 e. The maximum absolute atomic E-state index is 13.5. The van der Waals surface area contributed by atoms with E-state index in [0.29, 0.717) is 38.7 Å². The van der Waals surface area contributed by atoms with Crippen LogP contribution in [0.5, 0.6) is 5.75 Å². The van der Waals surface area contributed by atoms with E-state index in [1.165, 1.54) is 20.1 Å². The first-order chi connectivity index (χ1) is 17.6. The maximum Gasteiger partial charge on any atom is 0.263 e. The summed E-state index contributed by atoms with van der Waals surface area (Å²) in [5, 5.41) is 6.04. The van der Waals surface area contributed by atoms with Crippen LogP contribution < -0.4 is 25.8 Å². The first-order valence-corrected chi connectivity index (χ1v) is 13.0. The number of carbonyl (C=O) groups is 1. The largest absolute Gasteiger partial charge is 0.497 e. The summed E-state index contributed by atoms with van der Waals surface area (Å²) in [6.45, 7) is 3.18. The third-order valence-corrected chi connectivity index (χ3v) is 7.20. The van der Waals surface area contributed by atoms with E-state index in [0.717, 1.165) is 0 Å². The number of fused-ring (bicyclic) bond motifs is 1. The van der Waals surface area contributed by atoms with Gasteiger partial charge in [0.2, 0.25) is 5.91 Å². The van der Waals surface area contributed by atoms with Crippen LogP contribution in [0.2, 0.25) is 5.02 Å². The Morgan fingerprint density at radius 1 is 1.03 bits per heavy atom. The zero-order chi connectivity index (χ0) is 26.7. The van der Waals surface area contributed by atoms with E-state index in [1.54, 1.807) is 61.5 Å². The molecule has 10 nitrogen and oxygen atoms in total. The second kappa shape index (κ2) is 10.6. The number of ether oxygens (including phenoxy) is 1. The molecule has 12 heteroatoms. The third kappa shape index (κ3) is 5.91. The van der Waals surface area contributed by atoms with Gasteiger partial charge in [-0.3, -0.25) is 9.52 Å². The van der Waals surface area contributed by atoms with Gasteiger partial charge in [-0.15, -0.1) is 0 Å². The number of para-hydroxylation sites is 2. The van der Waals surface area contributed by atoms with Crippen molar-refractivity contribution in [3.8, 4) is 5.75 Å². The van der Waals surface area contributed by atoms with Crippen molar-refractivity contribution in [1.29, 1.82) is 0 Å². The number of aryl methyl sites for hydroxylation is 1. The summed E-state index contributed by atoms with van der Waals surface area (Å²) in [4.78, 5) is 21.0. The minimum atomic E-state index is -4.16. The number of nitrogens with one attached hydrogen (secondary N) is 3. The summed E-state index contributed by atoms with van der Waals surface area (Å²) in [5.74, 6) is 0.199. The predicted molar refractivity (Wildman–Crippen MR) is 145 cm³/mol. The van der Waals surface area contributed by atoms with Crippen LogP contribution in [0.1, 0.15) is 12.5 Å². The van der Waals surface area contributed by atoms with Gasteiger partial charge in [0.05, 0.1) is 39.8 Å². The lowest BCUT2D eigenvalue weighted by atomic mass is 10.2. The number of halogens is 1. The molecule has 4 rings (SSSR count). The van der Waals surface area contributed by atoms with E-state index < -0.39 is 22.0 Å². The summed E-state index contributed by atoms with van der Waals surface area (Å²) in [5.41, 5.74) is 7.84. The zero-order valence-corrected chi connectivity index (χ0v) is 21.8. The van der Waals surface area contributed by atoms with Gasteiger partial charge < -0.3 is 21.1 Å². The van der Waals surface area contributed by atoms with Gasteiger partial charge in [-0.25, -0.2) is 18.4 Å². The second-order valence-electron chi connectivity index (χ2n) is 8.24. The number of anilines is 4. The SMILES string of the molecule is COc1ccc(Cl)c(Nc2nc3ccccc3nc2NS(=O)(=O)c2cc(NC(=O)[C@@H](C)N)ccc2C)c1. The number of carbonyl (C=O) groups excluding carboxylic acids is 1. The highest BCUT2D eigenvalue weighted by molar-refractivity contribution is 7.92. The smallest absolute Gasteiger partial charge is 0.263 e. The van der Waals surface area contributed by atoms with Crippen LogP contribution in [0, 0.1) is 6.92 Å². The van der Waals surface area contributed by atoms with Crippen LogP contribution >= 0.6 is 11.6 Å². The Bertz CT molecular complexity index is 1590. The number of benzene rings is 3. The van der Waals surface area contributed by atoms with Crippen molar-refractivity contribution in [1.82, 2.24) is 9.97 Å². The van der Waals surface area contributed by atoms with Crippen LogP contribution in [0.15, 0.2) is 65.6 Å². The van der Waals surface area contributed by atoms with E-state index in [9.17, 15) is 13.2 Å². The van der Waals surface area contributed by atoms with Gasteiger partial charge in [-0.1, -0.05) is 29.8 Å². The van der Waals surface area contributed by atoms with Crippen LogP contribution in [0.25, 0.3) is 11.0 Å². The van der Waals surface area contributed by atoms with Crippen molar-refractivity contribution < 1.29 is 17.9 Å². The Morgan fingerprint density at radius 2 is 1.70 bits per heavy atom. The summed E-state index contributed by atoms with van der Waals surface area (Å²) >= 11 is 6.36.